The summed E-state index contributed by atoms with van der Waals surface area (Å²) in [5.41, 5.74) is 1.01. The van der Waals surface area contributed by atoms with E-state index in [9.17, 15) is 14.4 Å². The van der Waals surface area contributed by atoms with Crippen LogP contribution in [0, 0.1) is 0 Å². The third-order valence-corrected chi connectivity index (χ3v) is 4.33. The molecule has 0 atom stereocenters. The van der Waals surface area contributed by atoms with Gasteiger partial charge < -0.3 is 15.4 Å². The molecule has 0 aliphatic carbocycles. The number of carbonyl (C=O) groups is 2. The molecule has 1 aromatic heterocycles. The molecule has 0 saturated carbocycles. The van der Waals surface area contributed by atoms with Gasteiger partial charge in [-0.2, -0.15) is 0 Å². The highest BCUT2D eigenvalue weighted by molar-refractivity contribution is 6.34. The summed E-state index contributed by atoms with van der Waals surface area (Å²) in [6, 6.07) is 9.93. The summed E-state index contributed by atoms with van der Waals surface area (Å²) in [4.78, 5) is 40.4. The van der Waals surface area contributed by atoms with Gasteiger partial charge in [-0.3, -0.25) is 19.0 Å². The molecule has 0 bridgehead atoms. The Morgan fingerprint density at radius 2 is 2.11 bits per heavy atom. The smallest absolute Gasteiger partial charge is 0.262 e. The summed E-state index contributed by atoms with van der Waals surface area (Å²) >= 11 is 6.16. The quantitative estimate of drug-likeness (QED) is 0.719. The fourth-order valence-corrected chi connectivity index (χ4v) is 2.97. The Labute approximate surface area is 157 Å². The number of hydrogen-bond donors (Lipinski definition) is 2. The predicted molar refractivity (Wildman–Crippen MR) is 100 cm³/mol. The molecule has 3 aromatic rings. The second-order valence-corrected chi connectivity index (χ2v) is 6.32. The van der Waals surface area contributed by atoms with Gasteiger partial charge in [0.25, 0.3) is 11.5 Å². The number of hydrogen-bond acceptors (Lipinski definition) is 5. The molecule has 0 spiro atoms. The van der Waals surface area contributed by atoms with Crippen LogP contribution in [0.4, 0.5) is 11.4 Å². The Morgan fingerprint density at radius 3 is 2.96 bits per heavy atom. The summed E-state index contributed by atoms with van der Waals surface area (Å²) in [7, 11) is 0. The van der Waals surface area contributed by atoms with Crippen molar-refractivity contribution in [2.45, 2.75) is 6.54 Å². The van der Waals surface area contributed by atoms with Crippen molar-refractivity contribution >= 4 is 45.7 Å². The second kappa shape index (κ2) is 6.73. The first-order valence-corrected chi connectivity index (χ1v) is 8.39. The van der Waals surface area contributed by atoms with E-state index in [1.165, 1.54) is 23.0 Å². The fourth-order valence-electron chi connectivity index (χ4n) is 2.76. The molecule has 2 aromatic carbocycles. The van der Waals surface area contributed by atoms with Gasteiger partial charge in [0, 0.05) is 6.07 Å². The van der Waals surface area contributed by atoms with Crippen molar-refractivity contribution in [1.29, 1.82) is 0 Å². The van der Waals surface area contributed by atoms with Crippen molar-refractivity contribution in [3.05, 3.63) is 58.1 Å². The van der Waals surface area contributed by atoms with Crippen molar-refractivity contribution in [3.63, 3.8) is 0 Å². The number of ether oxygens (including phenoxy) is 1. The SMILES string of the molecule is O=C(Cn1cnc2ccccc2c1=O)Nc1cc2c(cc1Cl)NC(=O)CO2. The van der Waals surface area contributed by atoms with E-state index in [4.69, 9.17) is 16.3 Å². The third-order valence-electron chi connectivity index (χ3n) is 4.02. The molecule has 0 unspecified atom stereocenters. The van der Waals surface area contributed by atoms with Crippen molar-refractivity contribution in [2.75, 3.05) is 17.2 Å². The molecule has 1 aliphatic rings. The van der Waals surface area contributed by atoms with Gasteiger partial charge >= 0.3 is 0 Å². The van der Waals surface area contributed by atoms with Crippen LogP contribution in [-0.2, 0) is 16.1 Å². The average molecular weight is 385 g/mol. The minimum atomic E-state index is -0.448. The predicted octanol–water partition coefficient (Wildman–Crippen LogP) is 2.02. The van der Waals surface area contributed by atoms with E-state index in [1.54, 1.807) is 24.3 Å². The van der Waals surface area contributed by atoms with E-state index < -0.39 is 5.91 Å². The molecule has 2 heterocycles. The van der Waals surface area contributed by atoms with Crippen molar-refractivity contribution < 1.29 is 14.3 Å². The molecule has 9 heteroatoms. The monoisotopic (exact) mass is 384 g/mol. The topological polar surface area (TPSA) is 102 Å². The molecular weight excluding hydrogens is 372 g/mol. The van der Waals surface area contributed by atoms with Crippen LogP contribution in [0.2, 0.25) is 5.02 Å². The van der Waals surface area contributed by atoms with E-state index in [-0.39, 0.29) is 29.6 Å². The molecule has 0 radical (unpaired) electrons. The van der Waals surface area contributed by atoms with Gasteiger partial charge in [0.05, 0.1) is 33.6 Å². The van der Waals surface area contributed by atoms with Crippen molar-refractivity contribution in [1.82, 2.24) is 9.55 Å². The van der Waals surface area contributed by atoms with E-state index in [0.717, 1.165) is 0 Å². The largest absolute Gasteiger partial charge is 0.482 e. The first-order chi connectivity index (χ1) is 13.0. The van der Waals surface area contributed by atoms with Gasteiger partial charge in [0.1, 0.15) is 12.3 Å². The zero-order valence-corrected chi connectivity index (χ0v) is 14.6. The zero-order chi connectivity index (χ0) is 19.0. The van der Waals surface area contributed by atoms with Crippen LogP contribution in [0.1, 0.15) is 0 Å². The van der Waals surface area contributed by atoms with Crippen LogP contribution in [0.25, 0.3) is 10.9 Å². The maximum absolute atomic E-state index is 12.5. The maximum atomic E-state index is 12.5. The average Bonchev–Trinajstić information content (AvgIpc) is 2.65. The lowest BCUT2D eigenvalue weighted by Crippen LogP contribution is -2.28. The van der Waals surface area contributed by atoms with Crippen molar-refractivity contribution in [3.8, 4) is 5.75 Å². The molecule has 27 heavy (non-hydrogen) atoms. The number of para-hydroxylation sites is 1. The number of carbonyl (C=O) groups excluding carboxylic acids is 2. The standard InChI is InChI=1S/C18H13ClN4O4/c19-11-5-14-15(27-8-17(25)22-14)6-13(11)21-16(24)7-23-9-20-12-4-2-1-3-10(12)18(23)26/h1-6,9H,7-8H2,(H,21,24)(H,22,25). The van der Waals surface area contributed by atoms with Crippen molar-refractivity contribution in [2.24, 2.45) is 0 Å². The molecule has 2 N–H and O–H groups in total. The Morgan fingerprint density at radius 1 is 1.30 bits per heavy atom. The first kappa shape index (κ1) is 17.0. The minimum absolute atomic E-state index is 0.111. The van der Waals surface area contributed by atoms with E-state index >= 15 is 0 Å². The molecule has 2 amide bonds. The van der Waals surface area contributed by atoms with Gasteiger partial charge in [-0.1, -0.05) is 23.7 Å². The molecule has 0 saturated heterocycles. The van der Waals surface area contributed by atoms with Gasteiger partial charge in [0.15, 0.2) is 6.61 Å². The number of anilines is 2. The number of amides is 2. The Balaban J connectivity index is 1.56. The molecule has 1 aliphatic heterocycles. The van der Waals surface area contributed by atoms with Gasteiger partial charge in [0.2, 0.25) is 5.91 Å². The van der Waals surface area contributed by atoms with Gasteiger partial charge in [-0.15, -0.1) is 0 Å². The van der Waals surface area contributed by atoms with Gasteiger partial charge in [-0.25, -0.2) is 4.98 Å². The van der Waals surface area contributed by atoms with Crippen LogP contribution < -0.4 is 20.9 Å². The number of fused-ring (bicyclic) bond motifs is 2. The number of rotatable bonds is 3. The molecule has 4 rings (SSSR count). The van der Waals surface area contributed by atoms with Crippen LogP contribution in [0.15, 0.2) is 47.5 Å². The summed E-state index contributed by atoms with van der Waals surface area (Å²) < 4.78 is 6.53. The fraction of sp³-hybridized carbons (Fsp3) is 0.111. The molecule has 8 nitrogen and oxygen atoms in total. The van der Waals surface area contributed by atoms with Crippen LogP contribution >= 0.6 is 11.6 Å². The number of nitrogens with zero attached hydrogens (tertiary/aromatic N) is 2. The van der Waals surface area contributed by atoms with Gasteiger partial charge in [-0.05, 0) is 18.2 Å². The lowest BCUT2D eigenvalue weighted by Gasteiger charge is -2.19. The lowest BCUT2D eigenvalue weighted by molar-refractivity contribution is -0.119. The highest BCUT2D eigenvalue weighted by Crippen LogP contribution is 2.36. The van der Waals surface area contributed by atoms with E-state index in [2.05, 4.69) is 15.6 Å². The summed E-state index contributed by atoms with van der Waals surface area (Å²) in [5, 5.41) is 5.94. The summed E-state index contributed by atoms with van der Waals surface area (Å²) in [6.07, 6.45) is 1.33. The third kappa shape index (κ3) is 3.34. The van der Waals surface area contributed by atoms with E-state index in [1.807, 2.05) is 0 Å². The molecule has 136 valence electrons. The molecule has 0 fully saturated rings. The molecular formula is C18H13ClN4O4. The first-order valence-electron chi connectivity index (χ1n) is 8.01. The number of nitrogens with one attached hydrogen (secondary N) is 2. The Bertz CT molecular complexity index is 1140. The Kier molecular flexibility index (Phi) is 4.25. The highest BCUT2D eigenvalue weighted by atomic mass is 35.5. The highest BCUT2D eigenvalue weighted by Gasteiger charge is 2.19. The lowest BCUT2D eigenvalue weighted by atomic mass is 10.2. The number of halogens is 1. The van der Waals surface area contributed by atoms with E-state index in [0.29, 0.717) is 28.0 Å². The summed E-state index contributed by atoms with van der Waals surface area (Å²) in [6.45, 7) is -0.332. The van der Waals surface area contributed by atoms with Crippen LogP contribution in [0.5, 0.6) is 5.75 Å². The normalized spacial score (nSPS) is 12.9. The number of benzene rings is 2. The zero-order valence-electron chi connectivity index (χ0n) is 13.9. The second-order valence-electron chi connectivity index (χ2n) is 5.91. The Hall–Kier alpha value is -3.39. The van der Waals surface area contributed by atoms with Crippen LogP contribution in [-0.4, -0.2) is 28.0 Å². The number of aromatic nitrogens is 2. The van der Waals surface area contributed by atoms with Crippen LogP contribution in [0.3, 0.4) is 0 Å². The summed E-state index contributed by atoms with van der Waals surface area (Å²) in [5.74, 6) is -0.326. The minimum Gasteiger partial charge on any atom is -0.482 e. The maximum Gasteiger partial charge on any atom is 0.262 e.